The second-order valence-electron chi connectivity index (χ2n) is 5.11. The van der Waals surface area contributed by atoms with Crippen LogP contribution in [0.1, 0.15) is 11.3 Å². The first-order valence-corrected chi connectivity index (χ1v) is 8.44. The summed E-state index contributed by atoms with van der Waals surface area (Å²) in [5.41, 5.74) is 0. The van der Waals surface area contributed by atoms with E-state index in [1.54, 1.807) is 11.3 Å². The van der Waals surface area contributed by atoms with Gasteiger partial charge in [0.2, 0.25) is 5.91 Å². The fourth-order valence-electron chi connectivity index (χ4n) is 2.40. The number of thiophene rings is 1. The number of carbonyl (C=O) groups excluding carboxylic acids is 1. The van der Waals surface area contributed by atoms with E-state index in [-0.39, 0.29) is 5.91 Å². The van der Waals surface area contributed by atoms with E-state index in [9.17, 15) is 4.79 Å². The summed E-state index contributed by atoms with van der Waals surface area (Å²) >= 11 is 7.55. The Kier molecular flexibility index (Phi) is 6.70. The smallest absolute Gasteiger partial charge is 0.223 e. The minimum absolute atomic E-state index is 0.245. The van der Waals surface area contributed by atoms with Crippen molar-refractivity contribution in [2.45, 2.75) is 13.0 Å². The molecule has 0 radical (unpaired) electrons. The van der Waals surface area contributed by atoms with Crippen molar-refractivity contribution in [2.24, 2.45) is 0 Å². The molecule has 6 heteroatoms. The van der Waals surface area contributed by atoms with Gasteiger partial charge in [-0.05, 0) is 12.1 Å². The third-order valence-electron chi connectivity index (χ3n) is 3.51. The Morgan fingerprint density at radius 1 is 1.48 bits per heavy atom. The van der Waals surface area contributed by atoms with Gasteiger partial charge in [0, 0.05) is 57.1 Å². The largest absolute Gasteiger partial charge is 0.340 e. The molecule has 116 valence electrons. The number of hydrogen-bond acceptors (Lipinski definition) is 4. The number of nitrogens with one attached hydrogen (secondary N) is 1. The SMILES string of the molecule is C=CCN(CCC(=O)N1CCNCC1)Cc1ccc(Cl)s1. The van der Waals surface area contributed by atoms with E-state index in [0.717, 1.165) is 50.1 Å². The predicted molar refractivity (Wildman–Crippen MR) is 88.9 cm³/mol. The van der Waals surface area contributed by atoms with Crippen molar-refractivity contribution in [1.29, 1.82) is 0 Å². The van der Waals surface area contributed by atoms with E-state index in [1.165, 1.54) is 4.88 Å². The standard InChI is InChI=1S/C15H22ClN3OS/c1-2-8-18(12-13-3-4-14(16)21-13)9-5-15(20)19-10-6-17-7-11-19/h2-4,17H,1,5-12H2. The lowest BCUT2D eigenvalue weighted by atomic mass is 10.2. The first kappa shape index (κ1) is 16.5. The van der Waals surface area contributed by atoms with Crippen LogP contribution >= 0.6 is 22.9 Å². The van der Waals surface area contributed by atoms with E-state index in [4.69, 9.17) is 11.6 Å². The monoisotopic (exact) mass is 327 g/mol. The zero-order valence-corrected chi connectivity index (χ0v) is 13.8. The zero-order valence-electron chi connectivity index (χ0n) is 12.2. The van der Waals surface area contributed by atoms with E-state index in [0.29, 0.717) is 6.42 Å². The molecule has 1 fully saturated rings. The quantitative estimate of drug-likeness (QED) is 0.780. The fourth-order valence-corrected chi connectivity index (χ4v) is 3.53. The number of nitrogens with zero attached hydrogens (tertiary/aromatic N) is 2. The summed E-state index contributed by atoms with van der Waals surface area (Å²) in [6.45, 7) is 9.59. The molecule has 0 bridgehead atoms. The fraction of sp³-hybridized carbons (Fsp3) is 0.533. The van der Waals surface area contributed by atoms with Crippen LogP contribution < -0.4 is 5.32 Å². The van der Waals surface area contributed by atoms with Crippen molar-refractivity contribution in [1.82, 2.24) is 15.1 Å². The molecule has 1 aromatic heterocycles. The molecule has 4 nitrogen and oxygen atoms in total. The molecular formula is C15H22ClN3OS. The molecule has 2 heterocycles. The van der Waals surface area contributed by atoms with E-state index in [1.807, 2.05) is 23.1 Å². The summed E-state index contributed by atoms with van der Waals surface area (Å²) in [5, 5.41) is 3.26. The van der Waals surface area contributed by atoms with Gasteiger partial charge in [0.05, 0.1) is 4.34 Å². The summed E-state index contributed by atoms with van der Waals surface area (Å²) in [6.07, 6.45) is 2.44. The average molecular weight is 328 g/mol. The summed E-state index contributed by atoms with van der Waals surface area (Å²) in [4.78, 5) is 17.6. The van der Waals surface area contributed by atoms with Crippen LogP contribution in [0.2, 0.25) is 4.34 Å². The van der Waals surface area contributed by atoms with E-state index in [2.05, 4.69) is 16.8 Å². The third kappa shape index (κ3) is 5.43. The van der Waals surface area contributed by atoms with Crippen molar-refractivity contribution >= 4 is 28.8 Å². The summed E-state index contributed by atoms with van der Waals surface area (Å²) in [7, 11) is 0. The molecule has 1 aliphatic rings. The minimum Gasteiger partial charge on any atom is -0.340 e. The van der Waals surface area contributed by atoms with Crippen LogP contribution in [-0.2, 0) is 11.3 Å². The van der Waals surface area contributed by atoms with Crippen LogP contribution in [0.3, 0.4) is 0 Å². The Bertz CT molecular complexity index is 471. The van der Waals surface area contributed by atoms with Gasteiger partial charge in [-0.25, -0.2) is 0 Å². The van der Waals surface area contributed by atoms with Gasteiger partial charge in [-0.15, -0.1) is 17.9 Å². The highest BCUT2D eigenvalue weighted by Gasteiger charge is 2.17. The summed E-state index contributed by atoms with van der Waals surface area (Å²) in [6, 6.07) is 3.96. The second-order valence-corrected chi connectivity index (χ2v) is 6.91. The number of amides is 1. The Hall–Kier alpha value is -0.880. The molecular weight excluding hydrogens is 306 g/mol. The van der Waals surface area contributed by atoms with Gasteiger partial charge in [-0.2, -0.15) is 0 Å². The van der Waals surface area contributed by atoms with Gasteiger partial charge < -0.3 is 10.2 Å². The number of halogens is 1. The van der Waals surface area contributed by atoms with Crippen LogP contribution in [0.15, 0.2) is 24.8 Å². The third-order valence-corrected chi connectivity index (χ3v) is 4.72. The van der Waals surface area contributed by atoms with Gasteiger partial charge >= 0.3 is 0 Å². The maximum atomic E-state index is 12.2. The number of hydrogen-bond donors (Lipinski definition) is 1. The molecule has 0 aliphatic carbocycles. The average Bonchev–Trinajstić information content (AvgIpc) is 2.91. The van der Waals surface area contributed by atoms with Gasteiger partial charge in [0.1, 0.15) is 0 Å². The topological polar surface area (TPSA) is 35.6 Å². The van der Waals surface area contributed by atoms with Crippen molar-refractivity contribution in [3.63, 3.8) is 0 Å². The lowest BCUT2D eigenvalue weighted by Gasteiger charge is -2.28. The Balaban J connectivity index is 1.81. The number of piperazine rings is 1. The molecule has 0 saturated carbocycles. The van der Waals surface area contributed by atoms with Crippen LogP contribution in [0.4, 0.5) is 0 Å². The van der Waals surface area contributed by atoms with Gasteiger partial charge in [0.15, 0.2) is 0 Å². The first-order valence-electron chi connectivity index (χ1n) is 7.25. The number of rotatable bonds is 7. The molecule has 0 aromatic carbocycles. The molecule has 0 atom stereocenters. The zero-order chi connectivity index (χ0) is 15.1. The molecule has 2 rings (SSSR count). The highest BCUT2D eigenvalue weighted by molar-refractivity contribution is 7.16. The highest BCUT2D eigenvalue weighted by Crippen LogP contribution is 2.22. The molecule has 0 unspecified atom stereocenters. The van der Waals surface area contributed by atoms with Gasteiger partial charge in [0.25, 0.3) is 0 Å². The van der Waals surface area contributed by atoms with Crippen LogP contribution in [0.25, 0.3) is 0 Å². The summed E-state index contributed by atoms with van der Waals surface area (Å²) in [5.74, 6) is 0.245. The lowest BCUT2D eigenvalue weighted by Crippen LogP contribution is -2.47. The van der Waals surface area contributed by atoms with Crippen molar-refractivity contribution in [2.75, 3.05) is 39.3 Å². The Morgan fingerprint density at radius 3 is 2.86 bits per heavy atom. The van der Waals surface area contributed by atoms with Crippen LogP contribution in [-0.4, -0.2) is 55.0 Å². The van der Waals surface area contributed by atoms with E-state index >= 15 is 0 Å². The minimum atomic E-state index is 0.245. The summed E-state index contributed by atoms with van der Waals surface area (Å²) < 4.78 is 0.806. The molecule has 1 N–H and O–H groups in total. The van der Waals surface area contributed by atoms with Crippen molar-refractivity contribution in [3.8, 4) is 0 Å². The molecule has 1 saturated heterocycles. The van der Waals surface area contributed by atoms with Gasteiger partial charge in [-0.3, -0.25) is 9.69 Å². The molecule has 1 amide bonds. The van der Waals surface area contributed by atoms with Crippen LogP contribution in [0.5, 0.6) is 0 Å². The normalized spacial score (nSPS) is 15.4. The first-order chi connectivity index (χ1) is 10.2. The maximum absolute atomic E-state index is 12.2. The van der Waals surface area contributed by atoms with Crippen LogP contribution in [0, 0.1) is 0 Å². The molecule has 21 heavy (non-hydrogen) atoms. The Labute approximate surface area is 135 Å². The second kappa shape index (κ2) is 8.54. The maximum Gasteiger partial charge on any atom is 0.223 e. The molecule has 0 spiro atoms. The van der Waals surface area contributed by atoms with Crippen molar-refractivity contribution in [3.05, 3.63) is 34.0 Å². The van der Waals surface area contributed by atoms with Gasteiger partial charge in [-0.1, -0.05) is 17.7 Å². The number of carbonyl (C=O) groups is 1. The lowest BCUT2D eigenvalue weighted by molar-refractivity contribution is -0.132. The van der Waals surface area contributed by atoms with E-state index < -0.39 is 0 Å². The predicted octanol–water partition coefficient (Wildman–Crippen LogP) is 2.21. The van der Waals surface area contributed by atoms with Crippen molar-refractivity contribution < 1.29 is 4.79 Å². The molecule has 1 aliphatic heterocycles. The molecule has 1 aromatic rings. The Morgan fingerprint density at radius 2 is 2.24 bits per heavy atom. The highest BCUT2D eigenvalue weighted by atomic mass is 35.5.